The van der Waals surface area contributed by atoms with Crippen LogP contribution in [0.4, 0.5) is 5.69 Å². The Morgan fingerprint density at radius 2 is 1.83 bits per heavy atom. The molecule has 2 N–H and O–H groups in total. The van der Waals surface area contributed by atoms with Gasteiger partial charge in [0.15, 0.2) is 11.5 Å². The van der Waals surface area contributed by atoms with Gasteiger partial charge in [0.2, 0.25) is 0 Å². The summed E-state index contributed by atoms with van der Waals surface area (Å²) >= 11 is 0.788. The molecule has 1 amide bonds. The molecule has 10 nitrogen and oxygen atoms in total. The number of esters is 1. The molecule has 1 heterocycles. The van der Waals surface area contributed by atoms with Crippen LogP contribution >= 0.6 is 11.8 Å². The zero-order chi connectivity index (χ0) is 25.7. The average Bonchev–Trinajstić information content (AvgIpc) is 3.11. The molecule has 0 radical (unpaired) electrons. The molecule has 182 valence electrons. The lowest BCUT2D eigenvalue weighted by atomic mass is 10.1. The largest absolute Gasteiger partial charge is 0.506 e. The molecule has 0 saturated carbocycles. The molecule has 0 spiro atoms. The van der Waals surface area contributed by atoms with Crippen LogP contribution in [0.2, 0.25) is 0 Å². The van der Waals surface area contributed by atoms with E-state index in [9.17, 15) is 29.9 Å². The van der Waals surface area contributed by atoms with E-state index in [1.807, 2.05) is 6.92 Å². The van der Waals surface area contributed by atoms with Crippen molar-refractivity contribution in [2.45, 2.75) is 20.8 Å². The van der Waals surface area contributed by atoms with Crippen molar-refractivity contribution in [2.24, 2.45) is 4.99 Å². The number of nitro benzene ring substituents is 1. The minimum absolute atomic E-state index is 0.0158. The third kappa shape index (κ3) is 5.69. The first-order valence-corrected chi connectivity index (χ1v) is 11.3. The number of amides is 1. The summed E-state index contributed by atoms with van der Waals surface area (Å²) in [6, 6.07) is 8.82. The number of aliphatic hydroxyl groups is 1. The number of thioether (sulfide) groups is 1. The van der Waals surface area contributed by atoms with E-state index >= 15 is 0 Å². The fourth-order valence-electron chi connectivity index (χ4n) is 3.08. The first-order chi connectivity index (χ1) is 16.7. The molecule has 0 atom stereocenters. The Labute approximate surface area is 204 Å². The third-order valence-corrected chi connectivity index (χ3v) is 5.78. The van der Waals surface area contributed by atoms with Crippen LogP contribution in [0.1, 0.15) is 35.3 Å². The zero-order valence-corrected chi connectivity index (χ0v) is 19.9. The van der Waals surface area contributed by atoms with E-state index in [2.05, 4.69) is 4.99 Å². The lowest BCUT2D eigenvalue weighted by molar-refractivity contribution is -0.385. The normalized spacial score (nSPS) is 15.5. The first kappa shape index (κ1) is 25.5. The topological polar surface area (TPSA) is 149 Å². The van der Waals surface area contributed by atoms with Gasteiger partial charge in [0.25, 0.3) is 11.6 Å². The summed E-state index contributed by atoms with van der Waals surface area (Å²) in [5.41, 5.74) is 0.521. The van der Waals surface area contributed by atoms with Crippen molar-refractivity contribution in [2.75, 3.05) is 13.2 Å². The van der Waals surface area contributed by atoms with Crippen molar-refractivity contribution in [3.05, 3.63) is 79.4 Å². The highest BCUT2D eigenvalue weighted by Crippen LogP contribution is 2.42. The van der Waals surface area contributed by atoms with E-state index < -0.39 is 28.3 Å². The van der Waals surface area contributed by atoms with Crippen molar-refractivity contribution in [3.8, 4) is 11.5 Å². The number of nitro groups is 1. The quantitative estimate of drug-likeness (QED) is 0.314. The lowest BCUT2D eigenvalue weighted by Gasteiger charge is -2.09. The standard InChI is InChI=1S/C24H22N2O8S/c1-4-33-17-12-16(26(31)32)10-15(20(17)27)11-18-21(28)19(24(30)34-5-2)23(35-18)25-22(29)14-8-6-13(3)7-9-14/h6-12,27-28H,4-5H2,1-3H3. The SMILES string of the molecule is CCOC(=O)C1=C(O)C(=Cc2cc([N+](=O)[O-])cc(OCC)c2O)SC1=NC(=O)c1ccc(C)cc1. The highest BCUT2D eigenvalue weighted by atomic mass is 32.2. The van der Waals surface area contributed by atoms with Crippen molar-refractivity contribution in [1.82, 2.24) is 0 Å². The molecule has 3 rings (SSSR count). The molecule has 0 unspecified atom stereocenters. The summed E-state index contributed by atoms with van der Waals surface area (Å²) in [7, 11) is 0. The molecule has 2 aromatic carbocycles. The van der Waals surface area contributed by atoms with Gasteiger partial charge in [0, 0.05) is 17.2 Å². The van der Waals surface area contributed by atoms with E-state index in [1.165, 1.54) is 6.08 Å². The summed E-state index contributed by atoms with van der Waals surface area (Å²) in [6.45, 7) is 5.26. The summed E-state index contributed by atoms with van der Waals surface area (Å²) < 4.78 is 10.3. The minimum Gasteiger partial charge on any atom is -0.506 e. The number of aromatic hydroxyl groups is 1. The van der Waals surface area contributed by atoms with Crippen LogP contribution in [0.25, 0.3) is 6.08 Å². The summed E-state index contributed by atoms with van der Waals surface area (Å²) in [4.78, 5) is 39.9. The van der Waals surface area contributed by atoms with Gasteiger partial charge in [-0.25, -0.2) is 9.79 Å². The van der Waals surface area contributed by atoms with Gasteiger partial charge in [-0.3, -0.25) is 14.9 Å². The van der Waals surface area contributed by atoms with E-state index in [1.54, 1.807) is 38.1 Å². The van der Waals surface area contributed by atoms with Crippen LogP contribution < -0.4 is 4.74 Å². The molecule has 11 heteroatoms. The molecule has 35 heavy (non-hydrogen) atoms. The van der Waals surface area contributed by atoms with Crippen LogP contribution in [0.5, 0.6) is 11.5 Å². The predicted octanol–water partition coefficient (Wildman–Crippen LogP) is 4.71. The maximum atomic E-state index is 12.7. The summed E-state index contributed by atoms with van der Waals surface area (Å²) in [6.07, 6.45) is 1.24. The lowest BCUT2D eigenvalue weighted by Crippen LogP contribution is -2.14. The maximum absolute atomic E-state index is 12.7. The molecular weight excluding hydrogens is 476 g/mol. The number of aryl methyl sites for hydroxylation is 1. The predicted molar refractivity (Wildman–Crippen MR) is 131 cm³/mol. The monoisotopic (exact) mass is 498 g/mol. The number of carbonyl (C=O) groups is 2. The van der Waals surface area contributed by atoms with Gasteiger partial charge in [0.05, 0.1) is 29.1 Å². The molecule has 0 saturated heterocycles. The van der Waals surface area contributed by atoms with E-state index in [0.717, 1.165) is 29.5 Å². The number of nitrogens with zero attached hydrogens (tertiary/aromatic N) is 2. The Balaban J connectivity index is 2.10. The number of non-ortho nitro benzene ring substituents is 1. The highest BCUT2D eigenvalue weighted by molar-refractivity contribution is 8.18. The van der Waals surface area contributed by atoms with E-state index in [0.29, 0.717) is 0 Å². The van der Waals surface area contributed by atoms with Crippen LogP contribution in [0.3, 0.4) is 0 Å². The number of hydrogen-bond donors (Lipinski definition) is 2. The molecule has 0 fully saturated rings. The van der Waals surface area contributed by atoms with Crippen LogP contribution in [-0.4, -0.2) is 45.3 Å². The average molecular weight is 499 g/mol. The van der Waals surface area contributed by atoms with Gasteiger partial charge in [-0.05, 0) is 39.0 Å². The second-order valence-electron chi connectivity index (χ2n) is 7.21. The molecule has 0 bridgehead atoms. The van der Waals surface area contributed by atoms with Crippen molar-refractivity contribution in [3.63, 3.8) is 0 Å². The minimum atomic E-state index is -0.894. The second-order valence-corrected chi connectivity index (χ2v) is 8.25. The van der Waals surface area contributed by atoms with Crippen molar-refractivity contribution < 1.29 is 34.2 Å². The van der Waals surface area contributed by atoms with Crippen molar-refractivity contribution >= 4 is 40.4 Å². The maximum Gasteiger partial charge on any atom is 0.344 e. The summed E-state index contributed by atoms with van der Waals surface area (Å²) in [5.74, 6) is -2.58. The molecule has 1 aliphatic rings. The van der Waals surface area contributed by atoms with E-state index in [-0.39, 0.29) is 51.3 Å². The number of ether oxygens (including phenoxy) is 2. The number of phenols is 1. The smallest absolute Gasteiger partial charge is 0.344 e. The van der Waals surface area contributed by atoms with Gasteiger partial charge in [-0.2, -0.15) is 0 Å². The second kappa shape index (κ2) is 10.9. The van der Waals surface area contributed by atoms with E-state index in [4.69, 9.17) is 9.47 Å². The number of hydrogen-bond acceptors (Lipinski definition) is 9. The molecule has 0 aliphatic carbocycles. The van der Waals surface area contributed by atoms with Crippen LogP contribution in [0.15, 0.2) is 57.6 Å². The fraction of sp³-hybridized carbons (Fsp3) is 0.208. The van der Waals surface area contributed by atoms with Crippen molar-refractivity contribution in [1.29, 1.82) is 0 Å². The Morgan fingerprint density at radius 3 is 2.43 bits per heavy atom. The third-order valence-electron chi connectivity index (χ3n) is 4.76. The number of rotatable bonds is 7. The number of phenolic OH excluding ortho intramolecular Hbond substituents is 1. The Kier molecular flexibility index (Phi) is 7.92. The van der Waals surface area contributed by atoms with Gasteiger partial charge < -0.3 is 19.7 Å². The van der Waals surface area contributed by atoms with Crippen LogP contribution in [-0.2, 0) is 9.53 Å². The highest BCUT2D eigenvalue weighted by Gasteiger charge is 2.34. The molecule has 2 aromatic rings. The number of benzene rings is 2. The van der Waals surface area contributed by atoms with Gasteiger partial charge in [-0.1, -0.05) is 29.5 Å². The Morgan fingerprint density at radius 1 is 1.14 bits per heavy atom. The fourth-order valence-corrected chi connectivity index (χ4v) is 4.08. The number of aliphatic hydroxyl groups excluding tert-OH is 1. The molecule has 0 aromatic heterocycles. The van der Waals surface area contributed by atoms with Gasteiger partial charge >= 0.3 is 5.97 Å². The molecule has 1 aliphatic heterocycles. The number of aliphatic imine (C=N–C) groups is 1. The first-order valence-electron chi connectivity index (χ1n) is 10.5. The summed E-state index contributed by atoms with van der Waals surface area (Å²) in [5, 5.41) is 32.6. The molecular formula is C24H22N2O8S. The van der Waals surface area contributed by atoms with Gasteiger partial charge in [-0.15, -0.1) is 0 Å². The number of carbonyl (C=O) groups excluding carboxylic acids is 2. The Bertz CT molecular complexity index is 1280. The van der Waals surface area contributed by atoms with Gasteiger partial charge in [0.1, 0.15) is 16.4 Å². The van der Waals surface area contributed by atoms with Crippen LogP contribution in [0, 0.1) is 17.0 Å². The zero-order valence-electron chi connectivity index (χ0n) is 19.1. The Hall–Kier alpha value is -4.12.